The molecule has 0 unspecified atom stereocenters. The predicted molar refractivity (Wildman–Crippen MR) is 32.2 cm³/mol. The van der Waals surface area contributed by atoms with Crippen LogP contribution in [0.2, 0.25) is 0 Å². The van der Waals surface area contributed by atoms with Crippen LogP contribution in [0.1, 0.15) is 13.8 Å². The van der Waals surface area contributed by atoms with Crippen LogP contribution in [-0.4, -0.2) is 19.8 Å². The highest BCUT2D eigenvalue weighted by atomic mass is 15.0. The van der Waals surface area contributed by atoms with Crippen LogP contribution in [0.4, 0.5) is 0 Å². The average molecular weight is 102 g/mol. The standard InChI is InChI=1S/C5H14N2/c1-5(2)7-4-6-3/h5-7H,4H2,1-3H3. The Kier molecular flexibility index (Phi) is 4.04. The summed E-state index contributed by atoms with van der Waals surface area (Å²) in [7, 11) is 1.93. The zero-order chi connectivity index (χ0) is 5.70. The van der Waals surface area contributed by atoms with E-state index in [1.54, 1.807) is 0 Å². The molecule has 0 amide bonds. The topological polar surface area (TPSA) is 24.1 Å². The Hall–Kier alpha value is -0.0800. The molecule has 0 saturated carbocycles. The smallest absolute Gasteiger partial charge is 0.0453 e. The molecular weight excluding hydrogens is 88.1 g/mol. The summed E-state index contributed by atoms with van der Waals surface area (Å²) >= 11 is 0. The van der Waals surface area contributed by atoms with E-state index in [1.165, 1.54) is 0 Å². The number of nitrogens with one attached hydrogen (secondary N) is 2. The molecular formula is C5H14N2. The second kappa shape index (κ2) is 4.09. The molecule has 0 aromatic carbocycles. The largest absolute Gasteiger partial charge is 0.308 e. The van der Waals surface area contributed by atoms with Crippen LogP contribution in [-0.2, 0) is 0 Å². The van der Waals surface area contributed by atoms with Crippen LogP contribution < -0.4 is 10.6 Å². The van der Waals surface area contributed by atoms with Crippen molar-refractivity contribution in [3.8, 4) is 0 Å². The zero-order valence-corrected chi connectivity index (χ0v) is 5.28. The van der Waals surface area contributed by atoms with Gasteiger partial charge in [-0.25, -0.2) is 0 Å². The lowest BCUT2D eigenvalue weighted by molar-refractivity contribution is 0.556. The Morgan fingerprint density at radius 1 is 1.43 bits per heavy atom. The third-order valence-electron chi connectivity index (χ3n) is 0.687. The van der Waals surface area contributed by atoms with Crippen molar-refractivity contribution in [2.45, 2.75) is 19.9 Å². The molecule has 44 valence electrons. The Morgan fingerprint density at radius 2 is 2.00 bits per heavy atom. The quantitative estimate of drug-likeness (QED) is 0.496. The second-order valence-electron chi connectivity index (χ2n) is 1.89. The van der Waals surface area contributed by atoms with Gasteiger partial charge in [-0.15, -0.1) is 0 Å². The van der Waals surface area contributed by atoms with E-state index in [1.807, 2.05) is 7.05 Å². The molecule has 0 heterocycles. The summed E-state index contributed by atoms with van der Waals surface area (Å²) in [6.07, 6.45) is 0. The van der Waals surface area contributed by atoms with Gasteiger partial charge < -0.3 is 10.6 Å². The summed E-state index contributed by atoms with van der Waals surface area (Å²) in [6, 6.07) is 0.590. The maximum absolute atomic E-state index is 3.18. The minimum Gasteiger partial charge on any atom is -0.308 e. The first-order valence-electron chi connectivity index (χ1n) is 2.65. The zero-order valence-electron chi connectivity index (χ0n) is 5.28. The van der Waals surface area contributed by atoms with Gasteiger partial charge in [-0.3, -0.25) is 0 Å². The van der Waals surface area contributed by atoms with Crippen LogP contribution in [0.3, 0.4) is 0 Å². The normalized spacial score (nSPS) is 10.3. The van der Waals surface area contributed by atoms with E-state index in [9.17, 15) is 0 Å². The van der Waals surface area contributed by atoms with Gasteiger partial charge in [-0.2, -0.15) is 0 Å². The van der Waals surface area contributed by atoms with Crippen LogP contribution in [0.15, 0.2) is 0 Å². The minimum atomic E-state index is 0.590. The fraction of sp³-hybridized carbons (Fsp3) is 1.00. The summed E-state index contributed by atoms with van der Waals surface area (Å²) in [6.45, 7) is 5.15. The van der Waals surface area contributed by atoms with Crippen LogP contribution in [0.5, 0.6) is 0 Å². The van der Waals surface area contributed by atoms with Gasteiger partial charge in [0.1, 0.15) is 0 Å². The summed E-state index contributed by atoms with van der Waals surface area (Å²) in [5.74, 6) is 0. The van der Waals surface area contributed by atoms with E-state index < -0.39 is 0 Å². The molecule has 0 aliphatic rings. The first kappa shape index (κ1) is 6.92. The number of rotatable bonds is 3. The predicted octanol–water partition coefficient (Wildman–Crippen LogP) is 0.161. The minimum absolute atomic E-state index is 0.590. The van der Waals surface area contributed by atoms with Crippen molar-refractivity contribution < 1.29 is 0 Å². The lowest BCUT2D eigenvalue weighted by Crippen LogP contribution is -2.31. The summed E-state index contributed by atoms with van der Waals surface area (Å²) < 4.78 is 0. The van der Waals surface area contributed by atoms with E-state index >= 15 is 0 Å². The van der Waals surface area contributed by atoms with Gasteiger partial charge in [-0.1, -0.05) is 0 Å². The maximum Gasteiger partial charge on any atom is 0.0453 e. The van der Waals surface area contributed by atoms with Gasteiger partial charge in [-0.05, 0) is 20.9 Å². The summed E-state index contributed by atoms with van der Waals surface area (Å²) in [4.78, 5) is 0. The monoisotopic (exact) mass is 102 g/mol. The molecule has 2 heteroatoms. The van der Waals surface area contributed by atoms with E-state index in [2.05, 4.69) is 24.5 Å². The van der Waals surface area contributed by atoms with E-state index in [0.29, 0.717) is 6.04 Å². The summed E-state index contributed by atoms with van der Waals surface area (Å²) in [5.41, 5.74) is 0. The van der Waals surface area contributed by atoms with Gasteiger partial charge in [0.25, 0.3) is 0 Å². The lowest BCUT2D eigenvalue weighted by atomic mass is 10.4. The Bertz CT molecular complexity index is 35.1. The molecule has 0 aliphatic carbocycles. The highest BCUT2D eigenvalue weighted by Crippen LogP contribution is 1.69. The van der Waals surface area contributed by atoms with Gasteiger partial charge in [0.05, 0.1) is 0 Å². The van der Waals surface area contributed by atoms with E-state index in [4.69, 9.17) is 0 Å². The fourth-order valence-electron chi connectivity index (χ4n) is 0.306. The third kappa shape index (κ3) is 5.92. The molecule has 0 radical (unpaired) electrons. The molecule has 0 rings (SSSR count). The molecule has 7 heavy (non-hydrogen) atoms. The van der Waals surface area contributed by atoms with Crippen molar-refractivity contribution >= 4 is 0 Å². The maximum atomic E-state index is 3.18. The van der Waals surface area contributed by atoms with E-state index in [-0.39, 0.29) is 0 Å². The molecule has 0 spiro atoms. The van der Waals surface area contributed by atoms with Gasteiger partial charge in [0.15, 0.2) is 0 Å². The van der Waals surface area contributed by atoms with Gasteiger partial charge >= 0.3 is 0 Å². The second-order valence-corrected chi connectivity index (χ2v) is 1.89. The van der Waals surface area contributed by atoms with Crippen molar-refractivity contribution in [2.24, 2.45) is 0 Å². The molecule has 0 aliphatic heterocycles. The molecule has 0 fully saturated rings. The van der Waals surface area contributed by atoms with Crippen molar-refractivity contribution in [3.63, 3.8) is 0 Å². The fourth-order valence-corrected chi connectivity index (χ4v) is 0.306. The number of hydrogen-bond acceptors (Lipinski definition) is 2. The highest BCUT2D eigenvalue weighted by molar-refractivity contribution is 4.47. The van der Waals surface area contributed by atoms with Crippen molar-refractivity contribution in [2.75, 3.05) is 13.7 Å². The van der Waals surface area contributed by atoms with Crippen molar-refractivity contribution in [1.29, 1.82) is 0 Å². The molecule has 0 saturated heterocycles. The van der Waals surface area contributed by atoms with Crippen molar-refractivity contribution in [1.82, 2.24) is 10.6 Å². The van der Waals surface area contributed by atoms with Gasteiger partial charge in [0.2, 0.25) is 0 Å². The Balaban J connectivity index is 2.68. The van der Waals surface area contributed by atoms with E-state index in [0.717, 1.165) is 6.67 Å². The highest BCUT2D eigenvalue weighted by Gasteiger charge is 1.84. The van der Waals surface area contributed by atoms with Crippen molar-refractivity contribution in [3.05, 3.63) is 0 Å². The molecule has 0 atom stereocenters. The van der Waals surface area contributed by atoms with Crippen LogP contribution in [0, 0.1) is 0 Å². The molecule has 0 aromatic rings. The summed E-state index contributed by atoms with van der Waals surface area (Å²) in [5, 5.41) is 6.17. The lowest BCUT2D eigenvalue weighted by Gasteiger charge is -2.04. The van der Waals surface area contributed by atoms with Crippen LogP contribution in [0.25, 0.3) is 0 Å². The molecule has 0 aromatic heterocycles. The Morgan fingerprint density at radius 3 is 2.14 bits per heavy atom. The average Bonchev–Trinajstić information content (AvgIpc) is 1.61. The molecule has 2 nitrogen and oxygen atoms in total. The Labute approximate surface area is 45.3 Å². The molecule has 2 N–H and O–H groups in total. The first-order valence-corrected chi connectivity index (χ1v) is 2.65. The van der Waals surface area contributed by atoms with Crippen LogP contribution >= 0.6 is 0 Å². The van der Waals surface area contributed by atoms with Gasteiger partial charge in [0, 0.05) is 12.7 Å². The molecule has 0 bridgehead atoms. The first-order chi connectivity index (χ1) is 3.27. The SMILES string of the molecule is CNCNC(C)C. The third-order valence-corrected chi connectivity index (χ3v) is 0.687. The number of hydrogen-bond donors (Lipinski definition) is 2.